The molecule has 0 spiro atoms. The van der Waals surface area contributed by atoms with Crippen molar-refractivity contribution >= 4 is 29.0 Å². The van der Waals surface area contributed by atoms with Gasteiger partial charge < -0.3 is 20.7 Å². The van der Waals surface area contributed by atoms with Gasteiger partial charge in [0.05, 0.1) is 24.6 Å². The van der Waals surface area contributed by atoms with Gasteiger partial charge in [0.2, 0.25) is 5.91 Å². The lowest BCUT2D eigenvalue weighted by molar-refractivity contribution is -0.181. The van der Waals surface area contributed by atoms with Crippen molar-refractivity contribution < 1.29 is 38.9 Å². The second-order valence-electron chi connectivity index (χ2n) is 10.5. The summed E-state index contributed by atoms with van der Waals surface area (Å²) in [6, 6.07) is 9.09. The maximum Gasteiger partial charge on any atom is 0.235 e. The lowest BCUT2D eigenvalue weighted by atomic mass is 9.52. The Morgan fingerprint density at radius 3 is 2.37 bits per heavy atom. The van der Waals surface area contributed by atoms with Gasteiger partial charge in [0.1, 0.15) is 11.5 Å². The Balaban J connectivity index is 1.67. The molecule has 3 aliphatic carbocycles. The standard InChI is InChI=1S/C28H28N2O8/c1-30(2)22-16-11-12-10-15-13(14-6-4-5-7-18(14)38-3)8-9-17(31)20(15)23(32)19(12)25(34)28(16,37)26(35)21(24(22)33)27(29)36/h4-9,12,16,19,21-22,31,37H,10-11H2,1-3H3,(H2,29,36)/t12-,16-,19?,21?,22?,28-/m0/s1. The second kappa shape index (κ2) is 8.85. The number of Topliss-reactive ketones (excluding diaryl/α,β-unsaturated/α-hetero) is 4. The van der Waals surface area contributed by atoms with Crippen LogP contribution in [-0.4, -0.2) is 77.0 Å². The smallest absolute Gasteiger partial charge is 0.235 e. The number of aromatic hydroxyl groups is 1. The van der Waals surface area contributed by atoms with E-state index in [4.69, 9.17) is 10.5 Å². The van der Waals surface area contributed by atoms with E-state index < -0.39 is 64.4 Å². The zero-order valence-corrected chi connectivity index (χ0v) is 21.1. The molecule has 10 nitrogen and oxygen atoms in total. The van der Waals surface area contributed by atoms with Crippen LogP contribution in [0.3, 0.4) is 0 Å². The van der Waals surface area contributed by atoms with Crippen LogP contribution >= 0.6 is 0 Å². The van der Waals surface area contributed by atoms with Crippen molar-refractivity contribution in [2.75, 3.05) is 21.2 Å². The normalized spacial score (nSPS) is 30.5. The fourth-order valence-electron chi connectivity index (χ4n) is 6.72. The van der Waals surface area contributed by atoms with Crippen LogP contribution in [0.2, 0.25) is 0 Å². The number of carbonyl (C=O) groups is 5. The number of para-hydroxylation sites is 1. The molecule has 2 saturated carbocycles. The number of amides is 1. The van der Waals surface area contributed by atoms with E-state index in [9.17, 15) is 34.2 Å². The number of carbonyl (C=O) groups excluding carboxylic acids is 5. The van der Waals surface area contributed by atoms with Crippen molar-refractivity contribution in [3.63, 3.8) is 0 Å². The summed E-state index contributed by atoms with van der Waals surface area (Å²) in [6.45, 7) is 0. The van der Waals surface area contributed by atoms with E-state index in [0.29, 0.717) is 22.4 Å². The van der Waals surface area contributed by atoms with Gasteiger partial charge in [0, 0.05) is 11.5 Å². The van der Waals surface area contributed by atoms with Gasteiger partial charge in [0.15, 0.2) is 34.7 Å². The largest absolute Gasteiger partial charge is 0.507 e. The van der Waals surface area contributed by atoms with E-state index in [1.54, 1.807) is 32.3 Å². The number of ether oxygens (including phenoxy) is 1. The van der Waals surface area contributed by atoms with Gasteiger partial charge in [-0.2, -0.15) is 0 Å². The molecule has 10 heteroatoms. The fourth-order valence-corrected chi connectivity index (χ4v) is 6.72. The van der Waals surface area contributed by atoms with E-state index in [-0.39, 0.29) is 24.2 Å². The van der Waals surface area contributed by atoms with Crippen LogP contribution in [0, 0.1) is 23.7 Å². The summed E-state index contributed by atoms with van der Waals surface area (Å²) in [7, 11) is 4.62. The van der Waals surface area contributed by atoms with Crippen molar-refractivity contribution in [3.8, 4) is 22.6 Å². The SMILES string of the molecule is COc1ccccc1-c1ccc(O)c2c1C[C@H]1C[C@H]3C(N(C)C)C(=O)C(C(N)=O)C(=O)[C@@]3(O)C(=O)C1C2=O. The number of aliphatic hydroxyl groups is 1. The van der Waals surface area contributed by atoms with Gasteiger partial charge in [0.25, 0.3) is 0 Å². The van der Waals surface area contributed by atoms with Gasteiger partial charge in [-0.25, -0.2) is 0 Å². The Bertz CT molecular complexity index is 1420. The molecule has 0 saturated heterocycles. The lowest BCUT2D eigenvalue weighted by Gasteiger charge is -2.52. The third-order valence-electron chi connectivity index (χ3n) is 8.34. The lowest BCUT2D eigenvalue weighted by Crippen LogP contribution is -2.74. The molecule has 2 fully saturated rings. The molecule has 1 amide bonds. The van der Waals surface area contributed by atoms with Crippen molar-refractivity contribution in [1.29, 1.82) is 0 Å². The van der Waals surface area contributed by atoms with Crippen LogP contribution in [-0.2, 0) is 25.6 Å². The molecule has 2 aromatic carbocycles. The number of primary amides is 1. The molecular formula is C28H28N2O8. The minimum absolute atomic E-state index is 0.00901. The predicted molar refractivity (Wildman–Crippen MR) is 133 cm³/mol. The molecule has 6 atom stereocenters. The number of fused-ring (bicyclic) bond motifs is 3. The first kappa shape index (κ1) is 25.7. The number of methoxy groups -OCH3 is 1. The van der Waals surface area contributed by atoms with Gasteiger partial charge in [-0.05, 0) is 56.1 Å². The summed E-state index contributed by atoms with van der Waals surface area (Å²) in [5, 5.41) is 22.4. The number of ketones is 4. The number of hydrogen-bond acceptors (Lipinski definition) is 9. The van der Waals surface area contributed by atoms with Crippen LogP contribution < -0.4 is 10.5 Å². The van der Waals surface area contributed by atoms with Crippen LogP contribution in [0.25, 0.3) is 11.1 Å². The molecule has 0 aliphatic heterocycles. The first-order valence-electron chi connectivity index (χ1n) is 12.3. The fraction of sp³-hybridized carbons (Fsp3) is 0.393. The minimum Gasteiger partial charge on any atom is -0.507 e. The Morgan fingerprint density at radius 1 is 1.05 bits per heavy atom. The topological polar surface area (TPSA) is 164 Å². The molecule has 5 rings (SSSR count). The summed E-state index contributed by atoms with van der Waals surface area (Å²) in [6.07, 6.45) is 0.165. The van der Waals surface area contributed by atoms with Crippen molar-refractivity contribution in [2.24, 2.45) is 29.4 Å². The third-order valence-corrected chi connectivity index (χ3v) is 8.34. The number of benzene rings is 2. The number of phenols is 1. The van der Waals surface area contributed by atoms with Crippen molar-refractivity contribution in [1.82, 2.24) is 4.90 Å². The predicted octanol–water partition coefficient (Wildman–Crippen LogP) is 0.543. The highest BCUT2D eigenvalue weighted by Gasteiger charge is 2.69. The van der Waals surface area contributed by atoms with E-state index in [0.717, 1.165) is 0 Å². The second-order valence-corrected chi connectivity index (χ2v) is 10.5. The molecule has 4 N–H and O–H groups in total. The average molecular weight is 521 g/mol. The van der Waals surface area contributed by atoms with Gasteiger partial charge in [-0.3, -0.25) is 28.9 Å². The van der Waals surface area contributed by atoms with Crippen LogP contribution in [0.1, 0.15) is 22.3 Å². The number of nitrogens with zero attached hydrogens (tertiary/aromatic N) is 1. The maximum absolute atomic E-state index is 13.9. The van der Waals surface area contributed by atoms with E-state index in [1.165, 1.54) is 18.1 Å². The van der Waals surface area contributed by atoms with Gasteiger partial charge in [-0.15, -0.1) is 0 Å². The molecule has 0 heterocycles. The Hall–Kier alpha value is -3.89. The Morgan fingerprint density at radius 2 is 1.74 bits per heavy atom. The molecule has 2 aromatic rings. The average Bonchev–Trinajstić information content (AvgIpc) is 2.86. The third kappa shape index (κ3) is 3.36. The molecular weight excluding hydrogens is 492 g/mol. The number of phenolic OH excluding ortho intramolecular Hbond substituents is 1. The first-order valence-corrected chi connectivity index (χ1v) is 12.3. The summed E-state index contributed by atoms with van der Waals surface area (Å²) in [5.41, 5.74) is 4.39. The monoisotopic (exact) mass is 520 g/mol. The van der Waals surface area contributed by atoms with E-state index in [1.807, 2.05) is 12.1 Å². The number of rotatable bonds is 4. The molecule has 3 unspecified atom stereocenters. The van der Waals surface area contributed by atoms with Crippen LogP contribution in [0.4, 0.5) is 0 Å². The highest BCUT2D eigenvalue weighted by molar-refractivity contribution is 6.32. The molecule has 0 bridgehead atoms. The van der Waals surface area contributed by atoms with Crippen LogP contribution in [0.15, 0.2) is 36.4 Å². The number of likely N-dealkylation sites (N-methyl/N-ethyl adjacent to an activating group) is 1. The zero-order valence-electron chi connectivity index (χ0n) is 21.1. The highest BCUT2D eigenvalue weighted by Crippen LogP contribution is 2.52. The van der Waals surface area contributed by atoms with Gasteiger partial charge >= 0.3 is 0 Å². The van der Waals surface area contributed by atoms with Crippen LogP contribution in [0.5, 0.6) is 11.5 Å². The highest BCUT2D eigenvalue weighted by atomic mass is 16.5. The first-order chi connectivity index (χ1) is 17.9. The summed E-state index contributed by atoms with van der Waals surface area (Å²) >= 11 is 0. The van der Waals surface area contributed by atoms with Crippen molar-refractivity contribution in [3.05, 3.63) is 47.5 Å². The molecule has 198 valence electrons. The molecule has 38 heavy (non-hydrogen) atoms. The maximum atomic E-state index is 13.9. The molecule has 0 radical (unpaired) electrons. The summed E-state index contributed by atoms with van der Waals surface area (Å²) < 4.78 is 5.50. The van der Waals surface area contributed by atoms with E-state index in [2.05, 4.69) is 0 Å². The summed E-state index contributed by atoms with van der Waals surface area (Å²) in [5.74, 6) is -10.1. The Labute approximate surface area is 218 Å². The quantitative estimate of drug-likeness (QED) is 0.488. The summed E-state index contributed by atoms with van der Waals surface area (Å²) in [4.78, 5) is 67.8. The zero-order chi connectivity index (χ0) is 27.7. The number of hydrogen-bond donors (Lipinski definition) is 3. The Kier molecular flexibility index (Phi) is 6.00. The van der Waals surface area contributed by atoms with Gasteiger partial charge in [-0.1, -0.05) is 24.3 Å². The molecule has 3 aliphatic rings. The minimum atomic E-state index is -2.74. The number of nitrogens with two attached hydrogens (primary N) is 1. The van der Waals surface area contributed by atoms with Crippen molar-refractivity contribution in [2.45, 2.75) is 24.5 Å². The molecule has 0 aromatic heterocycles. The van der Waals surface area contributed by atoms with E-state index >= 15 is 0 Å².